The molecule has 0 aliphatic heterocycles. The fourth-order valence-corrected chi connectivity index (χ4v) is 3.17. The Morgan fingerprint density at radius 3 is 2.18 bits per heavy atom. The number of benzene rings is 1. The Hall–Kier alpha value is -2.97. The number of nitrogens with one attached hydrogen (secondary N) is 2. The molecular weight excluding hydrogens is 424 g/mol. The third-order valence-electron chi connectivity index (χ3n) is 5.03. The Bertz CT molecular complexity index is 782. The molecule has 1 aromatic rings. The third-order valence-corrected chi connectivity index (χ3v) is 5.03. The molecule has 0 aromatic heterocycles. The van der Waals surface area contributed by atoms with Crippen LogP contribution in [-0.2, 0) is 23.9 Å². The van der Waals surface area contributed by atoms with Crippen molar-refractivity contribution in [1.29, 1.82) is 0 Å². The van der Waals surface area contributed by atoms with Gasteiger partial charge in [-0.15, -0.1) is 13.2 Å². The zero-order valence-corrected chi connectivity index (χ0v) is 19.7. The van der Waals surface area contributed by atoms with Crippen LogP contribution in [0.25, 0.3) is 0 Å². The quantitative estimate of drug-likeness (QED) is 0.210. The number of methoxy groups -OCH3 is 1. The zero-order chi connectivity index (χ0) is 24.8. The Morgan fingerprint density at radius 1 is 1.03 bits per heavy atom. The van der Waals surface area contributed by atoms with Crippen LogP contribution >= 0.6 is 0 Å². The van der Waals surface area contributed by atoms with E-state index in [1.54, 1.807) is 44.2 Å². The fraction of sp³-hybridized carbons (Fsp3) is 0.480. The van der Waals surface area contributed by atoms with Crippen molar-refractivity contribution in [3.63, 3.8) is 0 Å². The smallest absolute Gasteiger partial charge is 0.309 e. The standard InChI is InChI=1S/C25H36N2O6/c1-6-11-17(3)25(31)33-22(19-13-9-8-10-14-19)21(16-32-5)27-24(30)20(12-7-2)23(29)26-18(4)15-28/h6-10,13-14,17-18,20-22,28H,1-2,11-12,15-16H2,3-5H3,(H,26,29)(H,27,30)/t17-,18-,20?,21-,22-/m0/s1. The van der Waals surface area contributed by atoms with E-state index in [0.29, 0.717) is 12.0 Å². The van der Waals surface area contributed by atoms with Crippen LogP contribution in [0.4, 0.5) is 0 Å². The summed E-state index contributed by atoms with van der Waals surface area (Å²) in [5, 5.41) is 14.6. The van der Waals surface area contributed by atoms with Gasteiger partial charge in [-0.25, -0.2) is 0 Å². The van der Waals surface area contributed by atoms with E-state index in [9.17, 15) is 19.5 Å². The topological polar surface area (TPSA) is 114 Å². The molecule has 0 aliphatic carbocycles. The van der Waals surface area contributed by atoms with E-state index in [4.69, 9.17) is 9.47 Å². The summed E-state index contributed by atoms with van der Waals surface area (Å²) in [6.07, 6.45) is 2.83. The molecule has 0 fully saturated rings. The van der Waals surface area contributed by atoms with Crippen LogP contribution in [-0.4, -0.2) is 55.3 Å². The number of ether oxygens (including phenoxy) is 2. The van der Waals surface area contributed by atoms with Crippen LogP contribution in [0.1, 0.15) is 38.4 Å². The normalized spacial score (nSPS) is 15.3. The summed E-state index contributed by atoms with van der Waals surface area (Å²) in [6, 6.07) is 7.78. The number of carbonyl (C=O) groups excluding carboxylic acids is 3. The molecule has 1 unspecified atom stereocenters. The van der Waals surface area contributed by atoms with E-state index < -0.39 is 47.8 Å². The summed E-state index contributed by atoms with van der Waals surface area (Å²) in [6.45, 7) is 10.4. The van der Waals surface area contributed by atoms with Gasteiger partial charge in [0.2, 0.25) is 11.8 Å². The van der Waals surface area contributed by atoms with Gasteiger partial charge < -0.3 is 25.2 Å². The number of rotatable bonds is 15. The predicted molar refractivity (Wildman–Crippen MR) is 126 cm³/mol. The van der Waals surface area contributed by atoms with Gasteiger partial charge in [-0.2, -0.15) is 0 Å². The SMILES string of the molecule is C=CCC(C(=O)N[C@@H](COC)[C@@H](OC(=O)[C@@H](C)CC=C)c1ccccc1)C(=O)N[C@@H](C)CO. The van der Waals surface area contributed by atoms with Gasteiger partial charge in [-0.3, -0.25) is 14.4 Å². The lowest BCUT2D eigenvalue weighted by Gasteiger charge is -2.30. The van der Waals surface area contributed by atoms with Crippen molar-refractivity contribution in [3.8, 4) is 0 Å². The molecule has 2 amide bonds. The molecule has 8 heteroatoms. The van der Waals surface area contributed by atoms with Gasteiger partial charge >= 0.3 is 5.97 Å². The van der Waals surface area contributed by atoms with Crippen molar-refractivity contribution >= 4 is 17.8 Å². The van der Waals surface area contributed by atoms with Gasteiger partial charge in [0.25, 0.3) is 0 Å². The van der Waals surface area contributed by atoms with Gasteiger partial charge in [-0.05, 0) is 25.3 Å². The number of aliphatic hydroxyl groups is 1. The molecule has 1 aromatic carbocycles. The largest absolute Gasteiger partial charge is 0.455 e. The monoisotopic (exact) mass is 460 g/mol. The minimum absolute atomic E-state index is 0.0455. The van der Waals surface area contributed by atoms with Crippen molar-refractivity contribution in [3.05, 3.63) is 61.2 Å². The average molecular weight is 461 g/mol. The van der Waals surface area contributed by atoms with Crippen molar-refractivity contribution in [1.82, 2.24) is 10.6 Å². The molecule has 5 atom stereocenters. The van der Waals surface area contributed by atoms with E-state index >= 15 is 0 Å². The molecule has 0 aliphatic rings. The number of carbonyl (C=O) groups is 3. The molecule has 0 saturated heterocycles. The van der Waals surface area contributed by atoms with E-state index in [1.807, 2.05) is 6.07 Å². The second-order valence-electron chi connectivity index (χ2n) is 7.93. The molecule has 0 bridgehead atoms. The first kappa shape index (κ1) is 28.1. The highest BCUT2D eigenvalue weighted by Crippen LogP contribution is 2.25. The van der Waals surface area contributed by atoms with Crippen LogP contribution in [0, 0.1) is 11.8 Å². The lowest BCUT2D eigenvalue weighted by atomic mass is 9.98. The lowest BCUT2D eigenvalue weighted by molar-refractivity contribution is -0.157. The Labute approximate surface area is 196 Å². The molecule has 0 heterocycles. The van der Waals surface area contributed by atoms with Gasteiger partial charge in [0.05, 0.1) is 25.2 Å². The van der Waals surface area contributed by atoms with Gasteiger partial charge in [0.15, 0.2) is 0 Å². The summed E-state index contributed by atoms with van der Waals surface area (Å²) in [5.74, 6) is -3.00. The van der Waals surface area contributed by atoms with E-state index in [-0.39, 0.29) is 19.6 Å². The summed E-state index contributed by atoms with van der Waals surface area (Å²) in [4.78, 5) is 38.4. The van der Waals surface area contributed by atoms with Crippen LogP contribution in [0.2, 0.25) is 0 Å². The number of allylic oxidation sites excluding steroid dienone is 2. The summed E-state index contributed by atoms with van der Waals surface area (Å²) in [5.41, 5.74) is 0.678. The second-order valence-corrected chi connectivity index (χ2v) is 7.93. The maximum atomic E-state index is 13.1. The zero-order valence-electron chi connectivity index (χ0n) is 19.7. The van der Waals surface area contributed by atoms with Crippen LogP contribution in [0.15, 0.2) is 55.6 Å². The average Bonchev–Trinajstić information content (AvgIpc) is 2.80. The van der Waals surface area contributed by atoms with Crippen molar-refractivity contribution in [2.45, 2.75) is 44.9 Å². The first-order chi connectivity index (χ1) is 15.8. The number of hydrogen-bond acceptors (Lipinski definition) is 6. The first-order valence-corrected chi connectivity index (χ1v) is 11.0. The molecule has 0 saturated carbocycles. The molecular formula is C25H36N2O6. The molecule has 33 heavy (non-hydrogen) atoms. The van der Waals surface area contributed by atoms with E-state index in [1.165, 1.54) is 13.2 Å². The Morgan fingerprint density at radius 2 is 1.64 bits per heavy atom. The Kier molecular flexibility index (Phi) is 12.7. The molecule has 1 rings (SSSR count). The second kappa shape index (κ2) is 15.0. The summed E-state index contributed by atoms with van der Waals surface area (Å²) < 4.78 is 11.1. The highest BCUT2D eigenvalue weighted by molar-refractivity contribution is 6.00. The first-order valence-electron chi connectivity index (χ1n) is 11.0. The fourth-order valence-electron chi connectivity index (χ4n) is 3.17. The van der Waals surface area contributed by atoms with E-state index in [2.05, 4.69) is 23.8 Å². The minimum atomic E-state index is -1.07. The van der Waals surface area contributed by atoms with Gasteiger partial charge in [0.1, 0.15) is 12.0 Å². The maximum absolute atomic E-state index is 13.1. The molecule has 8 nitrogen and oxygen atoms in total. The maximum Gasteiger partial charge on any atom is 0.309 e. The van der Waals surface area contributed by atoms with Gasteiger partial charge in [0, 0.05) is 13.2 Å². The Balaban J connectivity index is 3.18. The lowest BCUT2D eigenvalue weighted by Crippen LogP contribution is -2.50. The van der Waals surface area contributed by atoms with Crippen molar-refractivity contribution in [2.75, 3.05) is 20.3 Å². The van der Waals surface area contributed by atoms with Crippen LogP contribution in [0.3, 0.4) is 0 Å². The highest BCUT2D eigenvalue weighted by Gasteiger charge is 2.34. The van der Waals surface area contributed by atoms with Crippen LogP contribution in [0.5, 0.6) is 0 Å². The van der Waals surface area contributed by atoms with Gasteiger partial charge in [-0.1, -0.05) is 49.4 Å². The number of amides is 2. The molecule has 182 valence electrons. The molecule has 0 spiro atoms. The van der Waals surface area contributed by atoms with Crippen molar-refractivity contribution in [2.24, 2.45) is 11.8 Å². The highest BCUT2D eigenvalue weighted by atomic mass is 16.5. The molecule has 0 radical (unpaired) electrons. The van der Waals surface area contributed by atoms with E-state index in [0.717, 1.165) is 0 Å². The van der Waals surface area contributed by atoms with Crippen LogP contribution < -0.4 is 10.6 Å². The number of hydrogen-bond donors (Lipinski definition) is 3. The summed E-state index contributed by atoms with van der Waals surface area (Å²) >= 11 is 0. The number of esters is 1. The predicted octanol–water partition coefficient (Wildman–Crippen LogP) is 2.30. The van der Waals surface area contributed by atoms with Crippen molar-refractivity contribution < 1.29 is 29.0 Å². The molecule has 3 N–H and O–H groups in total. The third kappa shape index (κ3) is 9.19. The number of aliphatic hydroxyl groups excluding tert-OH is 1. The minimum Gasteiger partial charge on any atom is -0.455 e. The summed E-state index contributed by atoms with van der Waals surface area (Å²) in [7, 11) is 1.47.